The molecule has 1 saturated carbocycles. The van der Waals surface area contributed by atoms with Crippen LogP contribution in [0.3, 0.4) is 0 Å². The number of benzene rings is 1. The number of aliphatic hydroxyl groups is 1. The van der Waals surface area contributed by atoms with Gasteiger partial charge in [-0.15, -0.1) is 0 Å². The molecule has 118 valence electrons. The normalized spacial score (nSPS) is 26.7. The molecule has 3 heteroatoms. The Hall–Kier alpha value is -1.06. The summed E-state index contributed by atoms with van der Waals surface area (Å²) in [6.07, 6.45) is 1.81. The number of rotatable bonds is 3. The Morgan fingerprint density at radius 1 is 1.29 bits per heavy atom. The van der Waals surface area contributed by atoms with Crippen LogP contribution in [-0.4, -0.2) is 31.3 Å². The van der Waals surface area contributed by atoms with Gasteiger partial charge in [0.25, 0.3) is 0 Å². The van der Waals surface area contributed by atoms with Crippen LogP contribution in [0, 0.1) is 5.92 Å². The SMILES string of the molecule is CC.CCN1CC2CC(O)CC2c2cccc(CNC)c21. The average Bonchev–Trinajstić information content (AvgIpc) is 2.89. The zero-order valence-electron chi connectivity index (χ0n) is 13.9. The highest BCUT2D eigenvalue weighted by Gasteiger charge is 2.40. The van der Waals surface area contributed by atoms with E-state index in [1.165, 1.54) is 16.8 Å². The molecular weight excluding hydrogens is 260 g/mol. The first-order valence-electron chi connectivity index (χ1n) is 8.44. The van der Waals surface area contributed by atoms with Crippen molar-refractivity contribution in [2.45, 2.75) is 52.2 Å². The second kappa shape index (κ2) is 7.28. The lowest BCUT2D eigenvalue weighted by atomic mass is 9.82. The van der Waals surface area contributed by atoms with E-state index in [1.807, 2.05) is 20.9 Å². The molecule has 0 radical (unpaired) electrons. The summed E-state index contributed by atoms with van der Waals surface area (Å²) in [6.45, 7) is 9.30. The molecule has 0 amide bonds. The Labute approximate surface area is 129 Å². The number of aliphatic hydroxyl groups excluding tert-OH is 1. The Morgan fingerprint density at radius 2 is 2.05 bits per heavy atom. The van der Waals surface area contributed by atoms with Gasteiger partial charge < -0.3 is 15.3 Å². The summed E-state index contributed by atoms with van der Waals surface area (Å²) >= 11 is 0. The number of nitrogens with zero attached hydrogens (tertiary/aromatic N) is 1. The van der Waals surface area contributed by atoms with Gasteiger partial charge in [-0.1, -0.05) is 32.0 Å². The molecule has 3 rings (SSSR count). The highest BCUT2D eigenvalue weighted by atomic mass is 16.3. The molecule has 1 fully saturated rings. The molecule has 21 heavy (non-hydrogen) atoms. The zero-order chi connectivity index (χ0) is 15.4. The third-order valence-corrected chi connectivity index (χ3v) is 4.74. The lowest BCUT2D eigenvalue weighted by Crippen LogP contribution is -2.37. The smallest absolute Gasteiger partial charge is 0.0549 e. The summed E-state index contributed by atoms with van der Waals surface area (Å²) in [4.78, 5) is 2.50. The summed E-state index contributed by atoms with van der Waals surface area (Å²) in [5.74, 6) is 1.19. The first-order valence-corrected chi connectivity index (χ1v) is 8.44. The molecule has 3 nitrogen and oxygen atoms in total. The van der Waals surface area contributed by atoms with Crippen LogP contribution < -0.4 is 10.2 Å². The Balaban J connectivity index is 0.000000774. The van der Waals surface area contributed by atoms with E-state index in [0.29, 0.717) is 11.8 Å². The van der Waals surface area contributed by atoms with E-state index in [9.17, 15) is 5.11 Å². The van der Waals surface area contributed by atoms with E-state index in [0.717, 1.165) is 32.5 Å². The molecule has 1 aromatic rings. The Kier molecular flexibility index (Phi) is 5.65. The number of fused-ring (bicyclic) bond motifs is 3. The molecule has 2 N–H and O–H groups in total. The minimum absolute atomic E-state index is 0.104. The van der Waals surface area contributed by atoms with Gasteiger partial charge in [-0.3, -0.25) is 0 Å². The van der Waals surface area contributed by atoms with Crippen molar-refractivity contribution in [1.82, 2.24) is 5.32 Å². The molecule has 1 heterocycles. The molecule has 0 bridgehead atoms. The van der Waals surface area contributed by atoms with Gasteiger partial charge in [0.2, 0.25) is 0 Å². The van der Waals surface area contributed by atoms with Crippen molar-refractivity contribution >= 4 is 5.69 Å². The molecule has 3 unspecified atom stereocenters. The predicted molar refractivity (Wildman–Crippen MR) is 89.9 cm³/mol. The molecular formula is C18H30N2O. The minimum atomic E-state index is -0.104. The maximum absolute atomic E-state index is 9.99. The van der Waals surface area contributed by atoms with Crippen LogP contribution in [-0.2, 0) is 6.54 Å². The fourth-order valence-electron chi connectivity index (χ4n) is 3.97. The van der Waals surface area contributed by atoms with Gasteiger partial charge >= 0.3 is 0 Å². The van der Waals surface area contributed by atoms with Gasteiger partial charge in [0.15, 0.2) is 0 Å². The van der Waals surface area contributed by atoms with E-state index < -0.39 is 0 Å². The van der Waals surface area contributed by atoms with Gasteiger partial charge in [-0.2, -0.15) is 0 Å². The van der Waals surface area contributed by atoms with Crippen LogP contribution in [0.4, 0.5) is 5.69 Å². The Morgan fingerprint density at radius 3 is 2.71 bits per heavy atom. The van der Waals surface area contributed by atoms with Crippen molar-refractivity contribution in [2.24, 2.45) is 5.92 Å². The largest absolute Gasteiger partial charge is 0.393 e. The lowest BCUT2D eigenvalue weighted by Gasteiger charge is -2.39. The first kappa shape index (κ1) is 16.3. The maximum Gasteiger partial charge on any atom is 0.0549 e. The summed E-state index contributed by atoms with van der Waals surface area (Å²) < 4.78 is 0. The first-order chi connectivity index (χ1) is 10.2. The monoisotopic (exact) mass is 290 g/mol. The van der Waals surface area contributed by atoms with Crippen LogP contribution in [0.1, 0.15) is 50.7 Å². The number of nitrogens with one attached hydrogen (secondary N) is 1. The molecule has 1 aromatic carbocycles. The van der Waals surface area contributed by atoms with Crippen molar-refractivity contribution < 1.29 is 5.11 Å². The van der Waals surface area contributed by atoms with Crippen LogP contribution in [0.5, 0.6) is 0 Å². The fourth-order valence-corrected chi connectivity index (χ4v) is 3.97. The van der Waals surface area contributed by atoms with Gasteiger partial charge in [0, 0.05) is 25.3 Å². The number of hydrogen-bond acceptors (Lipinski definition) is 3. The standard InChI is InChI=1S/C16H24N2O.C2H6/c1-3-18-10-12-7-13(19)8-15(12)14-6-4-5-11(9-17-2)16(14)18;1-2/h4-6,12-13,15,17,19H,3,7-10H2,1-2H3;1-2H3. The van der Waals surface area contributed by atoms with Gasteiger partial charge in [-0.05, 0) is 49.8 Å². The highest BCUT2D eigenvalue weighted by Crippen LogP contribution is 2.48. The van der Waals surface area contributed by atoms with E-state index in [1.54, 1.807) is 0 Å². The summed E-state index contributed by atoms with van der Waals surface area (Å²) in [5.41, 5.74) is 4.28. The van der Waals surface area contributed by atoms with Crippen molar-refractivity contribution in [3.05, 3.63) is 29.3 Å². The average molecular weight is 290 g/mol. The molecule has 0 spiro atoms. The number of para-hydroxylation sites is 1. The number of hydrogen-bond donors (Lipinski definition) is 2. The van der Waals surface area contributed by atoms with E-state index in [4.69, 9.17) is 0 Å². The van der Waals surface area contributed by atoms with Gasteiger partial charge in [0.05, 0.1) is 6.10 Å². The molecule has 0 saturated heterocycles. The lowest BCUT2D eigenvalue weighted by molar-refractivity contribution is 0.177. The zero-order valence-corrected chi connectivity index (χ0v) is 13.9. The fraction of sp³-hybridized carbons (Fsp3) is 0.667. The van der Waals surface area contributed by atoms with Crippen LogP contribution in [0.15, 0.2) is 18.2 Å². The topological polar surface area (TPSA) is 35.5 Å². The molecule has 1 aliphatic heterocycles. The molecule has 0 aromatic heterocycles. The van der Waals surface area contributed by atoms with E-state index in [-0.39, 0.29) is 6.10 Å². The summed E-state index contributed by atoms with van der Waals surface area (Å²) in [5, 5.41) is 13.3. The third kappa shape index (κ3) is 3.09. The predicted octanol–water partition coefficient (Wildman–Crippen LogP) is 3.13. The maximum atomic E-state index is 9.99. The molecule has 3 atom stereocenters. The van der Waals surface area contributed by atoms with Crippen LogP contribution >= 0.6 is 0 Å². The summed E-state index contributed by atoms with van der Waals surface area (Å²) in [6, 6.07) is 6.67. The second-order valence-corrected chi connectivity index (χ2v) is 5.92. The highest BCUT2D eigenvalue weighted by molar-refractivity contribution is 5.63. The van der Waals surface area contributed by atoms with Crippen LogP contribution in [0.2, 0.25) is 0 Å². The molecule has 2 aliphatic rings. The van der Waals surface area contributed by atoms with Crippen molar-refractivity contribution in [3.63, 3.8) is 0 Å². The van der Waals surface area contributed by atoms with Crippen molar-refractivity contribution in [1.29, 1.82) is 0 Å². The minimum Gasteiger partial charge on any atom is -0.393 e. The molecule has 1 aliphatic carbocycles. The third-order valence-electron chi connectivity index (χ3n) is 4.74. The second-order valence-electron chi connectivity index (χ2n) is 5.92. The quantitative estimate of drug-likeness (QED) is 0.898. The van der Waals surface area contributed by atoms with Crippen LogP contribution in [0.25, 0.3) is 0 Å². The van der Waals surface area contributed by atoms with Crippen molar-refractivity contribution in [3.8, 4) is 0 Å². The van der Waals surface area contributed by atoms with E-state index in [2.05, 4.69) is 35.3 Å². The van der Waals surface area contributed by atoms with Gasteiger partial charge in [0.1, 0.15) is 0 Å². The Bertz CT molecular complexity index is 461. The summed E-state index contributed by atoms with van der Waals surface area (Å²) in [7, 11) is 2.00. The van der Waals surface area contributed by atoms with Gasteiger partial charge in [-0.25, -0.2) is 0 Å². The van der Waals surface area contributed by atoms with Crippen molar-refractivity contribution in [2.75, 3.05) is 25.0 Å². The number of anilines is 1. The van der Waals surface area contributed by atoms with E-state index >= 15 is 0 Å².